The van der Waals surface area contributed by atoms with Crippen LogP contribution in [0.1, 0.15) is 13.8 Å². The molecule has 0 amide bonds. The summed E-state index contributed by atoms with van der Waals surface area (Å²) < 4.78 is 33.0. The average Bonchev–Trinajstić information content (AvgIpc) is 2.32. The summed E-state index contributed by atoms with van der Waals surface area (Å²) in [5, 5.41) is 0. The number of anilines is 2. The van der Waals surface area contributed by atoms with Crippen molar-refractivity contribution in [1.29, 1.82) is 0 Å². The van der Waals surface area contributed by atoms with E-state index in [0.717, 1.165) is 0 Å². The molecule has 0 saturated carbocycles. The summed E-state index contributed by atoms with van der Waals surface area (Å²) >= 11 is 0. The maximum atomic E-state index is 12.0. The fraction of sp³-hybridized carbons (Fsp3) is 0.455. The van der Waals surface area contributed by atoms with Crippen molar-refractivity contribution in [3.8, 4) is 5.75 Å². The topological polar surface area (TPSA) is 84.7 Å². The minimum Gasteiger partial charge on any atom is -0.494 e. The fourth-order valence-electron chi connectivity index (χ4n) is 1.56. The lowest BCUT2D eigenvalue weighted by molar-refractivity contribution is 0.416. The molecule has 0 fully saturated rings. The number of nitrogens with one attached hydrogen (secondary N) is 1. The maximum absolute atomic E-state index is 12.0. The van der Waals surface area contributed by atoms with Gasteiger partial charge in [-0.15, -0.1) is 0 Å². The van der Waals surface area contributed by atoms with Gasteiger partial charge < -0.3 is 10.5 Å². The lowest BCUT2D eigenvalue weighted by Crippen LogP contribution is -2.35. The van der Waals surface area contributed by atoms with Gasteiger partial charge in [0.05, 0.1) is 12.8 Å². The van der Waals surface area contributed by atoms with Gasteiger partial charge in [-0.3, -0.25) is 4.72 Å². The van der Waals surface area contributed by atoms with Crippen LogP contribution in [0.25, 0.3) is 0 Å². The molecule has 1 rings (SSSR count). The summed E-state index contributed by atoms with van der Waals surface area (Å²) in [6.07, 6.45) is 0. The molecule has 0 aliphatic rings. The first kappa shape index (κ1) is 14.6. The highest BCUT2D eigenvalue weighted by Crippen LogP contribution is 2.27. The molecule has 0 aliphatic carbocycles. The number of nitrogens with zero attached hydrogens (tertiary/aromatic N) is 1. The molecule has 0 spiro atoms. The van der Waals surface area contributed by atoms with E-state index in [1.807, 2.05) is 0 Å². The van der Waals surface area contributed by atoms with E-state index < -0.39 is 10.2 Å². The number of nitrogens with two attached hydrogens (primary N) is 1. The Labute approximate surface area is 108 Å². The quantitative estimate of drug-likeness (QED) is 0.765. The largest absolute Gasteiger partial charge is 0.494 e. The Morgan fingerprint density at radius 1 is 1.33 bits per heavy atom. The van der Waals surface area contributed by atoms with Gasteiger partial charge in [0.1, 0.15) is 5.75 Å². The number of nitrogen functional groups attached to an aromatic ring is 1. The summed E-state index contributed by atoms with van der Waals surface area (Å²) in [7, 11) is -2.10. The van der Waals surface area contributed by atoms with E-state index in [2.05, 4.69) is 4.72 Å². The minimum atomic E-state index is -3.56. The monoisotopic (exact) mass is 273 g/mol. The molecule has 0 aliphatic heterocycles. The number of hydrogen-bond donors (Lipinski definition) is 2. The van der Waals surface area contributed by atoms with Crippen LogP contribution in [0.3, 0.4) is 0 Å². The van der Waals surface area contributed by atoms with Gasteiger partial charge in [0.15, 0.2) is 0 Å². The molecule has 18 heavy (non-hydrogen) atoms. The van der Waals surface area contributed by atoms with Crippen molar-refractivity contribution < 1.29 is 13.2 Å². The molecule has 3 N–H and O–H groups in total. The Morgan fingerprint density at radius 3 is 2.44 bits per heavy atom. The second-order valence-electron chi connectivity index (χ2n) is 3.65. The summed E-state index contributed by atoms with van der Waals surface area (Å²) in [5.74, 6) is 0.394. The van der Waals surface area contributed by atoms with E-state index in [1.165, 1.54) is 11.4 Å². The maximum Gasteiger partial charge on any atom is 0.301 e. The van der Waals surface area contributed by atoms with Crippen LogP contribution in [0.15, 0.2) is 18.2 Å². The van der Waals surface area contributed by atoms with Crippen molar-refractivity contribution >= 4 is 21.6 Å². The van der Waals surface area contributed by atoms with Crippen LogP contribution >= 0.6 is 0 Å². The first-order valence-corrected chi connectivity index (χ1v) is 7.10. The van der Waals surface area contributed by atoms with Gasteiger partial charge in [-0.25, -0.2) is 0 Å². The summed E-state index contributed by atoms with van der Waals surface area (Å²) in [5.41, 5.74) is 6.50. The van der Waals surface area contributed by atoms with Crippen LogP contribution in [-0.2, 0) is 10.2 Å². The molecule has 102 valence electrons. The standard InChI is InChI=1S/C11H19N3O3S/c1-4-14(5-2)18(15,16)13-10-7-6-9(12)8-11(10)17-3/h6-8,13H,4-5,12H2,1-3H3. The van der Waals surface area contributed by atoms with Crippen LogP contribution in [0, 0.1) is 0 Å². The van der Waals surface area contributed by atoms with Crippen molar-refractivity contribution in [2.45, 2.75) is 13.8 Å². The van der Waals surface area contributed by atoms with Gasteiger partial charge in [-0.2, -0.15) is 12.7 Å². The van der Waals surface area contributed by atoms with Crippen molar-refractivity contribution in [2.75, 3.05) is 30.7 Å². The van der Waals surface area contributed by atoms with Gasteiger partial charge in [0, 0.05) is 24.8 Å². The van der Waals surface area contributed by atoms with E-state index in [9.17, 15) is 8.42 Å². The second-order valence-corrected chi connectivity index (χ2v) is 5.32. The molecule has 7 heteroatoms. The average molecular weight is 273 g/mol. The Morgan fingerprint density at radius 2 is 1.94 bits per heavy atom. The predicted octanol–water partition coefficient (Wildman–Crippen LogP) is 1.28. The third-order valence-electron chi connectivity index (χ3n) is 2.51. The van der Waals surface area contributed by atoms with Gasteiger partial charge >= 0.3 is 10.2 Å². The van der Waals surface area contributed by atoms with Gasteiger partial charge in [0.25, 0.3) is 0 Å². The van der Waals surface area contributed by atoms with E-state index in [-0.39, 0.29) is 0 Å². The molecular weight excluding hydrogens is 254 g/mol. The summed E-state index contributed by atoms with van der Waals surface area (Å²) in [6.45, 7) is 4.37. The molecule has 0 radical (unpaired) electrons. The van der Waals surface area contributed by atoms with E-state index in [4.69, 9.17) is 10.5 Å². The van der Waals surface area contributed by atoms with E-state index in [1.54, 1.807) is 32.0 Å². The number of hydrogen-bond acceptors (Lipinski definition) is 4. The second kappa shape index (κ2) is 5.92. The van der Waals surface area contributed by atoms with E-state index in [0.29, 0.717) is 30.2 Å². The van der Waals surface area contributed by atoms with Crippen LogP contribution in [-0.4, -0.2) is 32.9 Å². The Kier molecular flexibility index (Phi) is 4.80. The molecule has 1 aromatic rings. The van der Waals surface area contributed by atoms with Crippen molar-refractivity contribution in [3.05, 3.63) is 18.2 Å². The van der Waals surface area contributed by atoms with Gasteiger partial charge in [-0.1, -0.05) is 13.8 Å². The highest BCUT2D eigenvalue weighted by atomic mass is 32.2. The lowest BCUT2D eigenvalue weighted by atomic mass is 10.2. The first-order chi connectivity index (χ1) is 8.44. The van der Waals surface area contributed by atoms with Gasteiger partial charge in [-0.05, 0) is 12.1 Å². The molecule has 0 aromatic heterocycles. The molecule has 0 bridgehead atoms. The lowest BCUT2D eigenvalue weighted by Gasteiger charge is -2.20. The zero-order valence-electron chi connectivity index (χ0n) is 10.8. The normalized spacial score (nSPS) is 11.6. The molecule has 6 nitrogen and oxygen atoms in total. The third-order valence-corrected chi connectivity index (χ3v) is 4.18. The number of ether oxygens (including phenoxy) is 1. The number of rotatable bonds is 6. The predicted molar refractivity (Wildman–Crippen MR) is 72.9 cm³/mol. The van der Waals surface area contributed by atoms with Crippen LogP contribution in [0.4, 0.5) is 11.4 Å². The fourth-order valence-corrected chi connectivity index (χ4v) is 2.81. The molecule has 0 unspecified atom stereocenters. The van der Waals surface area contributed by atoms with E-state index >= 15 is 0 Å². The molecule has 0 saturated heterocycles. The van der Waals surface area contributed by atoms with Crippen molar-refractivity contribution in [3.63, 3.8) is 0 Å². The minimum absolute atomic E-state index is 0.374. The Balaban J connectivity index is 3.04. The third kappa shape index (κ3) is 3.27. The first-order valence-electron chi connectivity index (χ1n) is 5.66. The molecular formula is C11H19N3O3S. The van der Waals surface area contributed by atoms with Crippen LogP contribution in [0.2, 0.25) is 0 Å². The SMILES string of the molecule is CCN(CC)S(=O)(=O)Nc1ccc(N)cc1OC. The smallest absolute Gasteiger partial charge is 0.301 e. The Hall–Kier alpha value is -1.47. The molecule has 0 heterocycles. The van der Waals surface area contributed by atoms with Crippen LogP contribution < -0.4 is 15.2 Å². The molecule has 1 aromatic carbocycles. The van der Waals surface area contributed by atoms with Gasteiger partial charge in [0.2, 0.25) is 0 Å². The zero-order chi connectivity index (χ0) is 13.8. The highest BCUT2D eigenvalue weighted by Gasteiger charge is 2.19. The van der Waals surface area contributed by atoms with Crippen molar-refractivity contribution in [1.82, 2.24) is 4.31 Å². The highest BCUT2D eigenvalue weighted by molar-refractivity contribution is 7.90. The number of benzene rings is 1. The van der Waals surface area contributed by atoms with Crippen molar-refractivity contribution in [2.24, 2.45) is 0 Å². The van der Waals surface area contributed by atoms with Crippen LogP contribution in [0.5, 0.6) is 5.75 Å². The Bertz CT molecular complexity index is 498. The molecule has 0 atom stereocenters. The number of methoxy groups -OCH3 is 1. The zero-order valence-corrected chi connectivity index (χ0v) is 11.6. The summed E-state index contributed by atoms with van der Waals surface area (Å²) in [4.78, 5) is 0. The summed E-state index contributed by atoms with van der Waals surface area (Å²) in [6, 6.07) is 4.76.